The van der Waals surface area contributed by atoms with Gasteiger partial charge < -0.3 is 14.5 Å². The third kappa shape index (κ3) is 7.59. The second-order valence-corrected chi connectivity index (χ2v) is 10.3. The Morgan fingerprint density at radius 3 is 2.33 bits per heavy atom. The van der Waals surface area contributed by atoms with Crippen molar-refractivity contribution >= 4 is 11.8 Å². The van der Waals surface area contributed by atoms with Crippen molar-refractivity contribution in [1.29, 1.82) is 0 Å². The first kappa shape index (κ1) is 29.1. The highest BCUT2D eigenvalue weighted by Crippen LogP contribution is 2.30. The fraction of sp³-hybridized carbons (Fsp3) is 0.353. The Morgan fingerprint density at radius 2 is 1.65 bits per heavy atom. The van der Waals surface area contributed by atoms with Crippen LogP contribution in [-0.2, 0) is 22.6 Å². The van der Waals surface area contributed by atoms with Crippen LogP contribution in [0.2, 0.25) is 0 Å². The molecule has 0 N–H and O–H groups in total. The van der Waals surface area contributed by atoms with E-state index in [4.69, 9.17) is 4.74 Å². The molecule has 0 radical (unpaired) electrons. The van der Waals surface area contributed by atoms with Crippen LogP contribution < -0.4 is 4.74 Å². The molecule has 2 amide bonds. The van der Waals surface area contributed by atoms with Gasteiger partial charge in [0.25, 0.3) is 0 Å². The van der Waals surface area contributed by atoms with Crippen molar-refractivity contribution in [3.05, 3.63) is 114 Å². The van der Waals surface area contributed by atoms with Gasteiger partial charge in [-0.15, -0.1) is 0 Å². The summed E-state index contributed by atoms with van der Waals surface area (Å²) in [4.78, 5) is 31.7. The van der Waals surface area contributed by atoms with E-state index in [-0.39, 0.29) is 30.2 Å². The lowest BCUT2D eigenvalue weighted by molar-refractivity contribution is -0.147. The van der Waals surface area contributed by atoms with Crippen LogP contribution in [0.3, 0.4) is 0 Å². The van der Waals surface area contributed by atoms with Crippen LogP contribution in [0.5, 0.6) is 5.75 Å². The fourth-order valence-corrected chi connectivity index (χ4v) is 5.21. The molecular formula is C34H39FN2O3. The Morgan fingerprint density at radius 1 is 0.925 bits per heavy atom. The Hall–Kier alpha value is -3.93. The molecule has 0 fully saturated rings. The van der Waals surface area contributed by atoms with Crippen molar-refractivity contribution in [2.24, 2.45) is 0 Å². The van der Waals surface area contributed by atoms with Crippen molar-refractivity contribution in [2.45, 2.75) is 64.1 Å². The number of hydrogen-bond acceptors (Lipinski definition) is 3. The first-order valence-electron chi connectivity index (χ1n) is 14.2. The average molecular weight is 543 g/mol. The molecule has 40 heavy (non-hydrogen) atoms. The molecule has 0 aromatic heterocycles. The average Bonchev–Trinajstić information content (AvgIpc) is 2.98. The van der Waals surface area contributed by atoms with Gasteiger partial charge in [0.15, 0.2) is 0 Å². The minimum absolute atomic E-state index is 0.000311. The summed E-state index contributed by atoms with van der Waals surface area (Å²) < 4.78 is 19.1. The summed E-state index contributed by atoms with van der Waals surface area (Å²) in [5.41, 5.74) is 2.75. The van der Waals surface area contributed by atoms with Gasteiger partial charge in [-0.2, -0.15) is 0 Å². The van der Waals surface area contributed by atoms with Gasteiger partial charge in [0.1, 0.15) is 17.6 Å². The van der Waals surface area contributed by atoms with Crippen LogP contribution in [0.15, 0.2) is 91.0 Å². The van der Waals surface area contributed by atoms with E-state index in [9.17, 15) is 14.0 Å². The van der Waals surface area contributed by atoms with Crippen molar-refractivity contribution in [2.75, 3.05) is 13.7 Å². The van der Waals surface area contributed by atoms with Crippen LogP contribution in [0, 0.1) is 5.82 Å². The van der Waals surface area contributed by atoms with Gasteiger partial charge in [-0.25, -0.2) is 4.39 Å². The number of nitrogens with zero attached hydrogens (tertiary/aromatic N) is 2. The molecule has 3 aromatic carbocycles. The Kier molecular flexibility index (Phi) is 10.5. The maximum absolute atomic E-state index is 14.6. The smallest absolute Gasteiger partial charge is 0.246 e. The highest BCUT2D eigenvalue weighted by Gasteiger charge is 2.36. The van der Waals surface area contributed by atoms with Crippen LogP contribution in [-0.4, -0.2) is 41.3 Å². The number of carbonyl (C=O) groups excluding carboxylic acids is 2. The van der Waals surface area contributed by atoms with Gasteiger partial charge in [-0.1, -0.05) is 92.9 Å². The van der Waals surface area contributed by atoms with Gasteiger partial charge in [-0.3, -0.25) is 9.59 Å². The van der Waals surface area contributed by atoms with Crippen LogP contribution in [0.4, 0.5) is 4.39 Å². The Balaban J connectivity index is 1.73. The molecule has 6 heteroatoms. The van der Waals surface area contributed by atoms with E-state index in [1.807, 2.05) is 71.6 Å². The molecule has 0 saturated heterocycles. The van der Waals surface area contributed by atoms with E-state index in [0.717, 1.165) is 48.1 Å². The highest BCUT2D eigenvalue weighted by atomic mass is 19.1. The van der Waals surface area contributed by atoms with E-state index in [1.165, 1.54) is 12.1 Å². The van der Waals surface area contributed by atoms with Gasteiger partial charge in [0.05, 0.1) is 13.2 Å². The molecule has 3 aromatic rings. The van der Waals surface area contributed by atoms with E-state index < -0.39 is 6.04 Å². The van der Waals surface area contributed by atoms with E-state index >= 15 is 0 Å². The Labute approximate surface area is 237 Å². The summed E-state index contributed by atoms with van der Waals surface area (Å²) >= 11 is 0. The predicted octanol–water partition coefficient (Wildman–Crippen LogP) is 6.88. The zero-order valence-electron chi connectivity index (χ0n) is 23.5. The molecule has 0 spiro atoms. The van der Waals surface area contributed by atoms with Gasteiger partial charge >= 0.3 is 0 Å². The molecule has 1 heterocycles. The lowest BCUT2D eigenvalue weighted by Gasteiger charge is -2.39. The van der Waals surface area contributed by atoms with Crippen molar-refractivity contribution in [1.82, 2.24) is 9.80 Å². The second kappa shape index (κ2) is 14.5. The minimum atomic E-state index is -0.660. The van der Waals surface area contributed by atoms with Crippen molar-refractivity contribution in [3.8, 4) is 5.75 Å². The monoisotopic (exact) mass is 542 g/mol. The number of rotatable bonds is 11. The van der Waals surface area contributed by atoms with Crippen molar-refractivity contribution in [3.63, 3.8) is 0 Å². The number of unbranched alkanes of at least 4 members (excludes halogenated alkanes) is 3. The highest BCUT2D eigenvalue weighted by molar-refractivity contribution is 5.89. The van der Waals surface area contributed by atoms with Crippen LogP contribution in [0.25, 0.3) is 0 Å². The van der Waals surface area contributed by atoms with E-state index in [1.54, 1.807) is 24.1 Å². The molecule has 4 rings (SSSR count). The summed E-state index contributed by atoms with van der Waals surface area (Å²) in [6.45, 7) is 2.80. The van der Waals surface area contributed by atoms with Gasteiger partial charge in [0.2, 0.25) is 11.8 Å². The molecule has 5 nitrogen and oxygen atoms in total. The standard InChI is InChI=1S/C34H39FN2O3/c1-3-4-5-9-14-33(38)36-23-10-13-31(28-17-21-30(40-2)22-18-28)37(25-27-15-19-29(35)20-16-27)34(39)32(36)24-26-11-7-6-8-12-26/h6-8,10-13,15-22,31-32H,3-5,9,14,23-25H2,1-2H3/b13-10-/t31-,32+/m1/s1. The van der Waals surface area contributed by atoms with Crippen molar-refractivity contribution < 1.29 is 18.7 Å². The summed E-state index contributed by atoms with van der Waals surface area (Å²) in [5.74, 6) is 0.285. The first-order chi connectivity index (χ1) is 19.5. The zero-order valence-corrected chi connectivity index (χ0v) is 23.5. The molecule has 0 bridgehead atoms. The molecule has 1 aliphatic rings. The van der Waals surface area contributed by atoms with Crippen LogP contribution >= 0.6 is 0 Å². The molecule has 210 valence electrons. The molecule has 2 atom stereocenters. The quantitative estimate of drug-likeness (QED) is 0.196. The fourth-order valence-electron chi connectivity index (χ4n) is 5.21. The summed E-state index contributed by atoms with van der Waals surface area (Å²) in [6.07, 6.45) is 8.85. The van der Waals surface area contributed by atoms with Gasteiger partial charge in [0, 0.05) is 25.9 Å². The molecular weight excluding hydrogens is 503 g/mol. The maximum atomic E-state index is 14.6. The topological polar surface area (TPSA) is 49.9 Å². The third-order valence-corrected chi connectivity index (χ3v) is 7.46. The minimum Gasteiger partial charge on any atom is -0.497 e. The van der Waals surface area contributed by atoms with Crippen LogP contribution in [0.1, 0.15) is 61.8 Å². The van der Waals surface area contributed by atoms with E-state index in [0.29, 0.717) is 19.4 Å². The lowest BCUT2D eigenvalue weighted by Crippen LogP contribution is -2.53. The first-order valence-corrected chi connectivity index (χ1v) is 14.2. The maximum Gasteiger partial charge on any atom is 0.246 e. The normalized spacial score (nSPS) is 18.2. The number of ether oxygens (including phenoxy) is 1. The zero-order chi connectivity index (χ0) is 28.3. The van der Waals surface area contributed by atoms with E-state index in [2.05, 4.69) is 6.92 Å². The predicted molar refractivity (Wildman–Crippen MR) is 156 cm³/mol. The number of carbonyl (C=O) groups is 2. The second-order valence-electron chi connectivity index (χ2n) is 10.3. The summed E-state index contributed by atoms with van der Waals surface area (Å²) in [5, 5.41) is 0. The number of hydrogen-bond donors (Lipinski definition) is 0. The number of amides is 2. The number of methoxy groups -OCH3 is 1. The molecule has 0 aliphatic carbocycles. The molecule has 0 saturated carbocycles. The molecule has 1 aliphatic heterocycles. The Bertz CT molecular complexity index is 1260. The SMILES string of the molecule is CCCCCCC(=O)N1C/C=C\[C@H](c2ccc(OC)cc2)N(Cc2ccc(F)cc2)C(=O)[C@@H]1Cc1ccccc1. The summed E-state index contributed by atoms with van der Waals surface area (Å²) in [6, 6.07) is 22.8. The lowest BCUT2D eigenvalue weighted by atomic mass is 9.96. The number of benzene rings is 3. The third-order valence-electron chi connectivity index (χ3n) is 7.46. The number of halogens is 1. The largest absolute Gasteiger partial charge is 0.497 e. The summed E-state index contributed by atoms with van der Waals surface area (Å²) in [7, 11) is 1.62. The van der Waals surface area contributed by atoms with Gasteiger partial charge in [-0.05, 0) is 47.4 Å². The molecule has 0 unspecified atom stereocenters.